The van der Waals surface area contributed by atoms with E-state index in [0.29, 0.717) is 18.5 Å². The molecule has 3 aromatic rings. The number of nitrogens with one attached hydrogen (secondary N) is 1. The standard InChI is InChI=1S/C38H51N5O6S/c1-23(2)16-29-22-48-33-18-32(34-25(5)12-10-13-26(34)6)39-36(40-33)41-50(46,47)31-15-11-14-28(17-31)35(44)43(29)27(7)19-38(8)20-30(21-38)42(9)37(45)49-24(3)4/h10-15,17-18,23-24,27,29-30H,16,19-22H2,1-9H3,(H,39,40,41)/t27-,29+,30?,38?/m0/s1. The zero-order valence-electron chi connectivity index (χ0n) is 30.7. The highest BCUT2D eigenvalue weighted by Gasteiger charge is 2.46. The summed E-state index contributed by atoms with van der Waals surface area (Å²) in [5, 5.41) is 0. The van der Waals surface area contributed by atoms with E-state index in [9.17, 15) is 18.0 Å². The minimum atomic E-state index is -4.17. The van der Waals surface area contributed by atoms with Crippen molar-refractivity contribution in [2.45, 2.75) is 110 Å². The van der Waals surface area contributed by atoms with Gasteiger partial charge in [-0.25, -0.2) is 22.9 Å². The number of hydrogen-bond acceptors (Lipinski definition) is 8. The van der Waals surface area contributed by atoms with E-state index in [1.165, 1.54) is 12.1 Å². The maximum atomic E-state index is 14.6. The highest BCUT2D eigenvalue weighted by atomic mass is 32.2. The van der Waals surface area contributed by atoms with Crippen LogP contribution in [0.4, 0.5) is 10.7 Å². The van der Waals surface area contributed by atoms with E-state index in [2.05, 4.69) is 35.5 Å². The largest absolute Gasteiger partial charge is 0.475 e. The molecule has 2 aliphatic rings. The summed E-state index contributed by atoms with van der Waals surface area (Å²) in [5.41, 5.74) is 3.50. The van der Waals surface area contributed by atoms with Crippen LogP contribution in [0.25, 0.3) is 11.3 Å². The van der Waals surface area contributed by atoms with Gasteiger partial charge in [0.05, 0.1) is 22.7 Å². The molecule has 2 aromatic carbocycles. The van der Waals surface area contributed by atoms with Crippen molar-refractivity contribution in [1.29, 1.82) is 0 Å². The molecular formula is C38H51N5O6S. The smallest absolute Gasteiger partial charge is 0.410 e. The Morgan fingerprint density at radius 2 is 1.72 bits per heavy atom. The van der Waals surface area contributed by atoms with Gasteiger partial charge < -0.3 is 19.3 Å². The second kappa shape index (κ2) is 14.6. The number of carbonyl (C=O) groups excluding carboxylic acids is 2. The average molecular weight is 706 g/mol. The molecule has 4 bridgehead atoms. The van der Waals surface area contributed by atoms with Crippen LogP contribution in [0.1, 0.15) is 88.7 Å². The Hall–Kier alpha value is -4.19. The van der Waals surface area contributed by atoms with E-state index in [4.69, 9.17) is 9.47 Å². The maximum absolute atomic E-state index is 14.6. The molecule has 5 rings (SSSR count). The quantitative estimate of drug-likeness (QED) is 0.260. The summed E-state index contributed by atoms with van der Waals surface area (Å²) < 4.78 is 41.8. The van der Waals surface area contributed by atoms with Crippen LogP contribution in [0.2, 0.25) is 0 Å². The molecule has 1 aliphatic carbocycles. The number of hydrogen-bond donors (Lipinski definition) is 1. The number of benzene rings is 2. The fourth-order valence-electron chi connectivity index (χ4n) is 7.49. The van der Waals surface area contributed by atoms with Crippen molar-refractivity contribution in [1.82, 2.24) is 19.8 Å². The van der Waals surface area contributed by atoms with Gasteiger partial charge in [-0.15, -0.1) is 0 Å². The summed E-state index contributed by atoms with van der Waals surface area (Å²) in [7, 11) is -2.39. The topological polar surface area (TPSA) is 131 Å². The fourth-order valence-corrected chi connectivity index (χ4v) is 8.48. The van der Waals surface area contributed by atoms with Gasteiger partial charge in [-0.2, -0.15) is 4.98 Å². The highest BCUT2D eigenvalue weighted by molar-refractivity contribution is 7.92. The second-order valence-corrected chi connectivity index (χ2v) is 16.8. The van der Waals surface area contributed by atoms with Gasteiger partial charge in [-0.3, -0.25) is 4.79 Å². The number of fused-ring (bicyclic) bond motifs is 4. The number of sulfonamides is 1. The number of anilines is 1. The highest BCUT2D eigenvalue weighted by Crippen LogP contribution is 2.47. The van der Waals surface area contributed by atoms with Crippen LogP contribution < -0.4 is 9.46 Å². The Morgan fingerprint density at radius 1 is 1.06 bits per heavy atom. The molecule has 11 nitrogen and oxygen atoms in total. The van der Waals surface area contributed by atoms with Gasteiger partial charge in [0.1, 0.15) is 6.61 Å². The van der Waals surface area contributed by atoms with Crippen molar-refractivity contribution in [2.75, 3.05) is 18.4 Å². The van der Waals surface area contributed by atoms with Gasteiger partial charge in [0.25, 0.3) is 15.9 Å². The molecule has 0 spiro atoms. The third kappa shape index (κ3) is 8.22. The van der Waals surface area contributed by atoms with Crippen molar-refractivity contribution in [3.63, 3.8) is 0 Å². The van der Waals surface area contributed by atoms with Crippen molar-refractivity contribution >= 4 is 28.0 Å². The molecule has 1 fully saturated rings. The Labute approximate surface area is 296 Å². The number of ether oxygens (including phenoxy) is 2. The summed E-state index contributed by atoms with van der Waals surface area (Å²) in [6, 6.07) is 13.2. The first-order valence-electron chi connectivity index (χ1n) is 17.4. The van der Waals surface area contributed by atoms with E-state index in [1.807, 2.05) is 57.7 Å². The molecule has 2 amide bonds. The zero-order chi connectivity index (χ0) is 36.5. The van der Waals surface area contributed by atoms with Gasteiger partial charge in [0.15, 0.2) is 0 Å². The molecule has 1 aromatic heterocycles. The number of rotatable bonds is 8. The molecular weight excluding hydrogens is 655 g/mol. The van der Waals surface area contributed by atoms with Crippen molar-refractivity contribution in [3.05, 3.63) is 65.2 Å². The van der Waals surface area contributed by atoms with E-state index in [-0.39, 0.29) is 76.5 Å². The number of nitrogens with zero attached hydrogens (tertiary/aromatic N) is 4. The number of aromatic nitrogens is 2. The van der Waals surface area contributed by atoms with Gasteiger partial charge in [-0.1, -0.05) is 45.0 Å². The predicted octanol–water partition coefficient (Wildman–Crippen LogP) is 7.23. The summed E-state index contributed by atoms with van der Waals surface area (Å²) in [6.45, 7) is 16.2. The molecule has 0 saturated heterocycles. The predicted molar refractivity (Wildman–Crippen MR) is 194 cm³/mol. The molecule has 1 aliphatic heterocycles. The first-order chi connectivity index (χ1) is 23.5. The van der Waals surface area contributed by atoms with Crippen molar-refractivity contribution < 1.29 is 27.5 Å². The number of carbonyl (C=O) groups is 2. The van der Waals surface area contributed by atoms with Crippen molar-refractivity contribution in [3.8, 4) is 17.1 Å². The first-order valence-corrected chi connectivity index (χ1v) is 18.9. The lowest BCUT2D eigenvalue weighted by atomic mass is 9.63. The fraction of sp³-hybridized carbons (Fsp3) is 0.526. The van der Waals surface area contributed by atoms with E-state index >= 15 is 0 Å². The molecule has 0 radical (unpaired) electrons. The van der Waals surface area contributed by atoms with Crippen molar-refractivity contribution in [2.24, 2.45) is 11.3 Å². The van der Waals surface area contributed by atoms with E-state index < -0.39 is 10.0 Å². The molecule has 1 N–H and O–H groups in total. The minimum absolute atomic E-state index is 0.0476. The van der Waals surface area contributed by atoms with Gasteiger partial charge in [0.2, 0.25) is 11.8 Å². The van der Waals surface area contributed by atoms with Gasteiger partial charge >= 0.3 is 6.09 Å². The van der Waals surface area contributed by atoms with Crippen LogP contribution >= 0.6 is 0 Å². The Balaban J connectivity index is 1.53. The monoisotopic (exact) mass is 705 g/mol. The lowest BCUT2D eigenvalue weighted by Crippen LogP contribution is -2.55. The Kier molecular flexibility index (Phi) is 10.8. The Bertz CT molecular complexity index is 1820. The van der Waals surface area contributed by atoms with Crippen LogP contribution in [-0.4, -0.2) is 78.1 Å². The number of aryl methyl sites for hydroxylation is 2. The van der Waals surface area contributed by atoms with Crippen LogP contribution in [-0.2, 0) is 14.8 Å². The molecule has 2 atom stereocenters. The molecule has 0 unspecified atom stereocenters. The maximum Gasteiger partial charge on any atom is 0.410 e. The lowest BCUT2D eigenvalue weighted by Gasteiger charge is -2.51. The summed E-state index contributed by atoms with van der Waals surface area (Å²) in [6.07, 6.45) is 2.36. The van der Waals surface area contributed by atoms with Crippen LogP contribution in [0.5, 0.6) is 5.88 Å². The van der Waals surface area contributed by atoms with Gasteiger partial charge in [0, 0.05) is 36.3 Å². The van der Waals surface area contributed by atoms with E-state index in [1.54, 1.807) is 30.1 Å². The normalized spacial score (nSPS) is 22.3. The third-order valence-corrected chi connectivity index (χ3v) is 11.1. The first kappa shape index (κ1) is 37.1. The summed E-state index contributed by atoms with van der Waals surface area (Å²) in [4.78, 5) is 39.7. The van der Waals surface area contributed by atoms with Crippen LogP contribution in [0, 0.1) is 25.2 Å². The van der Waals surface area contributed by atoms with Crippen LogP contribution in [0.15, 0.2) is 53.4 Å². The molecule has 50 heavy (non-hydrogen) atoms. The molecule has 2 heterocycles. The summed E-state index contributed by atoms with van der Waals surface area (Å²) >= 11 is 0. The summed E-state index contributed by atoms with van der Waals surface area (Å²) in [5.74, 6) is 0.0523. The van der Waals surface area contributed by atoms with E-state index in [0.717, 1.165) is 29.5 Å². The zero-order valence-corrected chi connectivity index (χ0v) is 31.5. The lowest BCUT2D eigenvalue weighted by molar-refractivity contribution is -0.0126. The second-order valence-electron chi connectivity index (χ2n) is 15.1. The molecule has 1 saturated carbocycles. The minimum Gasteiger partial charge on any atom is -0.475 e. The van der Waals surface area contributed by atoms with Crippen LogP contribution in [0.3, 0.4) is 0 Å². The average Bonchev–Trinajstić information content (AvgIpc) is 3.01. The van der Waals surface area contributed by atoms with Gasteiger partial charge in [-0.05, 0) is 101 Å². The Morgan fingerprint density at radius 3 is 2.36 bits per heavy atom. The molecule has 270 valence electrons. The third-order valence-electron chi connectivity index (χ3n) is 9.74. The molecule has 12 heteroatoms. The number of amides is 2. The SMILES string of the molecule is Cc1cccc(C)c1-c1cc2nc(n1)NS(=O)(=O)c1cccc(c1)C(=O)N([C@@H](C)CC1(C)CC(N(C)C(=O)OC(C)C)C1)[C@H](CC(C)C)CO2.